The van der Waals surface area contributed by atoms with Crippen LogP contribution < -0.4 is 10.9 Å². The van der Waals surface area contributed by atoms with Crippen molar-refractivity contribution in [3.05, 3.63) is 34.2 Å². The lowest BCUT2D eigenvalue weighted by molar-refractivity contribution is -0.121. The van der Waals surface area contributed by atoms with Crippen molar-refractivity contribution >= 4 is 11.9 Å². The van der Waals surface area contributed by atoms with E-state index >= 15 is 0 Å². The van der Waals surface area contributed by atoms with Crippen molar-refractivity contribution in [1.29, 1.82) is 0 Å². The number of carboxylic acid groups (broad SMARTS) is 1. The maximum absolute atomic E-state index is 11.6. The number of aromatic carboxylic acids is 1. The van der Waals surface area contributed by atoms with Crippen LogP contribution >= 0.6 is 0 Å². The van der Waals surface area contributed by atoms with Crippen LogP contribution in [-0.2, 0) is 16.1 Å². The maximum atomic E-state index is 11.6. The number of nitrogens with zero attached hydrogens (tertiary/aromatic N) is 1. The fourth-order valence-electron chi connectivity index (χ4n) is 1.43. The van der Waals surface area contributed by atoms with E-state index in [0.717, 1.165) is 10.6 Å². The lowest BCUT2D eigenvalue weighted by Gasteiger charge is -2.07. The third-order valence-corrected chi connectivity index (χ3v) is 2.40. The minimum Gasteiger partial charge on any atom is -0.478 e. The molecule has 104 valence electrons. The highest BCUT2D eigenvalue weighted by atomic mass is 16.5. The molecule has 2 N–H and O–H groups in total. The molecule has 0 atom stereocenters. The van der Waals surface area contributed by atoms with Gasteiger partial charge in [-0.15, -0.1) is 0 Å². The molecule has 1 heterocycles. The van der Waals surface area contributed by atoms with E-state index in [9.17, 15) is 14.4 Å². The molecule has 1 amide bonds. The number of methoxy groups -OCH3 is 1. The number of aromatic nitrogens is 1. The third-order valence-electron chi connectivity index (χ3n) is 2.40. The van der Waals surface area contributed by atoms with Crippen molar-refractivity contribution in [2.45, 2.75) is 13.0 Å². The van der Waals surface area contributed by atoms with Gasteiger partial charge in [-0.25, -0.2) is 4.79 Å². The highest BCUT2D eigenvalue weighted by Crippen LogP contribution is 1.94. The first-order valence-electron chi connectivity index (χ1n) is 5.74. The van der Waals surface area contributed by atoms with E-state index in [1.165, 1.54) is 12.3 Å². The molecule has 1 aromatic heterocycles. The fraction of sp³-hybridized carbons (Fsp3) is 0.417. The zero-order valence-electron chi connectivity index (χ0n) is 10.6. The van der Waals surface area contributed by atoms with Crippen LogP contribution in [0.3, 0.4) is 0 Å². The van der Waals surface area contributed by atoms with Gasteiger partial charge in [-0.05, 0) is 12.5 Å². The van der Waals surface area contributed by atoms with Gasteiger partial charge in [0.25, 0.3) is 5.56 Å². The van der Waals surface area contributed by atoms with Gasteiger partial charge in [0.1, 0.15) is 6.54 Å². The van der Waals surface area contributed by atoms with Crippen molar-refractivity contribution in [2.75, 3.05) is 20.3 Å². The van der Waals surface area contributed by atoms with Crippen LogP contribution in [0.15, 0.2) is 23.1 Å². The average Bonchev–Trinajstić information content (AvgIpc) is 2.37. The smallest absolute Gasteiger partial charge is 0.335 e. The predicted octanol–water partition coefficient (Wildman–Crippen LogP) is -0.301. The Morgan fingerprint density at radius 1 is 1.47 bits per heavy atom. The molecule has 0 bridgehead atoms. The number of carboxylic acids is 1. The van der Waals surface area contributed by atoms with Crippen molar-refractivity contribution in [1.82, 2.24) is 9.88 Å². The molecule has 0 saturated carbocycles. The third kappa shape index (κ3) is 4.92. The number of rotatable bonds is 7. The fourth-order valence-corrected chi connectivity index (χ4v) is 1.43. The molecule has 19 heavy (non-hydrogen) atoms. The molecule has 0 aliphatic carbocycles. The molecule has 0 aromatic carbocycles. The zero-order valence-corrected chi connectivity index (χ0v) is 10.6. The first-order valence-corrected chi connectivity index (χ1v) is 5.74. The molecule has 0 aliphatic rings. The maximum Gasteiger partial charge on any atom is 0.335 e. The van der Waals surface area contributed by atoms with Crippen molar-refractivity contribution in [3.8, 4) is 0 Å². The molecule has 7 nitrogen and oxygen atoms in total. The van der Waals surface area contributed by atoms with Crippen molar-refractivity contribution in [2.24, 2.45) is 0 Å². The van der Waals surface area contributed by atoms with E-state index in [1.807, 2.05) is 0 Å². The summed E-state index contributed by atoms with van der Waals surface area (Å²) in [5.74, 6) is -1.48. The lowest BCUT2D eigenvalue weighted by atomic mass is 10.3. The zero-order chi connectivity index (χ0) is 14.3. The summed E-state index contributed by atoms with van der Waals surface area (Å²) in [6, 6.07) is 2.27. The van der Waals surface area contributed by atoms with E-state index < -0.39 is 11.5 Å². The summed E-state index contributed by atoms with van der Waals surface area (Å²) in [5, 5.41) is 11.3. The second kappa shape index (κ2) is 7.32. The number of pyridine rings is 1. The number of amides is 1. The lowest BCUT2D eigenvalue weighted by Crippen LogP contribution is -2.33. The number of nitrogens with one attached hydrogen (secondary N) is 1. The second-order valence-electron chi connectivity index (χ2n) is 3.88. The molecular formula is C12H16N2O5. The molecule has 1 aromatic rings. The SMILES string of the molecule is COCCCNC(=O)Cn1ccc(C(=O)O)cc1=O. The largest absolute Gasteiger partial charge is 0.478 e. The Hall–Kier alpha value is -2.15. The van der Waals surface area contributed by atoms with E-state index in [0.29, 0.717) is 19.6 Å². The van der Waals surface area contributed by atoms with Gasteiger partial charge in [-0.3, -0.25) is 9.59 Å². The number of carbonyl (C=O) groups is 2. The number of hydrogen-bond donors (Lipinski definition) is 2. The molecule has 1 rings (SSSR count). The summed E-state index contributed by atoms with van der Waals surface area (Å²) in [5.41, 5.74) is -0.617. The predicted molar refractivity (Wildman–Crippen MR) is 67.2 cm³/mol. The highest BCUT2D eigenvalue weighted by molar-refractivity contribution is 5.87. The molecule has 0 fully saturated rings. The van der Waals surface area contributed by atoms with Crippen LogP contribution in [0.1, 0.15) is 16.8 Å². The van der Waals surface area contributed by atoms with Gasteiger partial charge >= 0.3 is 5.97 Å². The van der Waals surface area contributed by atoms with Crippen LogP contribution in [0, 0.1) is 0 Å². The normalized spacial score (nSPS) is 10.2. The van der Waals surface area contributed by atoms with E-state index in [1.54, 1.807) is 7.11 Å². The molecule has 0 saturated heterocycles. The molecule has 0 aliphatic heterocycles. The van der Waals surface area contributed by atoms with Gasteiger partial charge in [0, 0.05) is 32.5 Å². The minimum absolute atomic E-state index is 0.0956. The Kier molecular flexibility index (Phi) is 5.74. The highest BCUT2D eigenvalue weighted by Gasteiger charge is 2.07. The molecule has 0 spiro atoms. The summed E-state index contributed by atoms with van der Waals surface area (Å²) >= 11 is 0. The Balaban J connectivity index is 2.55. The standard InChI is InChI=1S/C12H16N2O5/c1-19-6-2-4-13-10(15)8-14-5-3-9(12(17)18)7-11(14)16/h3,5,7H,2,4,6,8H2,1H3,(H,13,15)(H,17,18). The minimum atomic E-state index is -1.17. The Labute approximate surface area is 109 Å². The summed E-state index contributed by atoms with van der Waals surface area (Å²) in [4.78, 5) is 33.7. The van der Waals surface area contributed by atoms with Gasteiger partial charge in [0.05, 0.1) is 5.56 Å². The van der Waals surface area contributed by atoms with Crippen LogP contribution in [0.4, 0.5) is 0 Å². The summed E-state index contributed by atoms with van der Waals surface area (Å²) in [6.45, 7) is 0.883. The van der Waals surface area contributed by atoms with Crippen LogP contribution in [0.5, 0.6) is 0 Å². The van der Waals surface area contributed by atoms with Gasteiger partial charge in [-0.2, -0.15) is 0 Å². The van der Waals surface area contributed by atoms with Gasteiger partial charge < -0.3 is 19.7 Å². The topological polar surface area (TPSA) is 97.6 Å². The Morgan fingerprint density at radius 2 is 2.21 bits per heavy atom. The second-order valence-corrected chi connectivity index (χ2v) is 3.88. The molecular weight excluding hydrogens is 252 g/mol. The Morgan fingerprint density at radius 3 is 2.79 bits per heavy atom. The molecule has 0 radical (unpaired) electrons. The quantitative estimate of drug-likeness (QED) is 0.662. The summed E-state index contributed by atoms with van der Waals surface area (Å²) in [6.07, 6.45) is 1.98. The van der Waals surface area contributed by atoms with Gasteiger partial charge in [-0.1, -0.05) is 0 Å². The first-order chi connectivity index (χ1) is 9.04. The molecule has 0 unspecified atom stereocenters. The van der Waals surface area contributed by atoms with Crippen LogP contribution in [0.25, 0.3) is 0 Å². The monoisotopic (exact) mass is 268 g/mol. The van der Waals surface area contributed by atoms with E-state index in [4.69, 9.17) is 9.84 Å². The average molecular weight is 268 g/mol. The first kappa shape index (κ1) is 14.9. The summed E-state index contributed by atoms with van der Waals surface area (Å²) < 4.78 is 5.99. The van der Waals surface area contributed by atoms with E-state index in [-0.39, 0.29) is 18.0 Å². The Bertz CT molecular complexity index is 509. The van der Waals surface area contributed by atoms with E-state index in [2.05, 4.69) is 5.32 Å². The number of ether oxygens (including phenoxy) is 1. The molecule has 7 heteroatoms. The summed E-state index contributed by atoms with van der Waals surface area (Å²) in [7, 11) is 1.57. The number of carbonyl (C=O) groups excluding carboxylic acids is 1. The van der Waals surface area contributed by atoms with Crippen LogP contribution in [0.2, 0.25) is 0 Å². The van der Waals surface area contributed by atoms with Crippen molar-refractivity contribution < 1.29 is 19.4 Å². The van der Waals surface area contributed by atoms with Crippen molar-refractivity contribution in [3.63, 3.8) is 0 Å². The van der Waals surface area contributed by atoms with Crippen LogP contribution in [-0.4, -0.2) is 41.8 Å². The number of hydrogen-bond acceptors (Lipinski definition) is 4. The van der Waals surface area contributed by atoms with Gasteiger partial charge in [0.15, 0.2) is 0 Å². The van der Waals surface area contributed by atoms with Gasteiger partial charge in [0.2, 0.25) is 5.91 Å².